The van der Waals surface area contributed by atoms with Gasteiger partial charge >= 0.3 is 5.97 Å². The van der Waals surface area contributed by atoms with Crippen LogP contribution in [-0.4, -0.2) is 104 Å². The molecule has 13 atom stereocenters. The first kappa shape index (κ1) is 24.8. The largest absolute Gasteiger partial charge is 0.461 e. The molecule has 1 aliphatic heterocycles. The van der Waals surface area contributed by atoms with Gasteiger partial charge in [0.1, 0.15) is 12.0 Å². The van der Waals surface area contributed by atoms with Gasteiger partial charge in [-0.1, -0.05) is 6.92 Å². The Labute approximate surface area is 212 Å². The van der Waals surface area contributed by atoms with Crippen molar-refractivity contribution in [1.82, 2.24) is 4.90 Å². The van der Waals surface area contributed by atoms with Gasteiger partial charge in [-0.25, -0.2) is 0 Å². The van der Waals surface area contributed by atoms with Gasteiger partial charge in [0, 0.05) is 74.8 Å². The molecule has 9 heteroatoms. The number of rotatable bonds is 7. The molecule has 0 aromatic carbocycles. The SMILES string of the molecule is CCN1C[C@]2(COC)CC[C@H](OC(=O)CCl)[C@@]34[C@@H]5C[C@H]6[C@H](O)[C@@H]5[C@](O)(C[C@@H]6OC)[C@@H]([C@H](OC)[C@H]23)[C@@H]14. The number of aliphatic hydroxyl groups is 2. The highest BCUT2D eigenvalue weighted by Crippen LogP contribution is 2.79. The Balaban J connectivity index is 1.62. The summed E-state index contributed by atoms with van der Waals surface area (Å²) in [5.41, 5.74) is -1.75. The van der Waals surface area contributed by atoms with Crippen LogP contribution >= 0.6 is 11.6 Å². The minimum absolute atomic E-state index is 0.0157. The average molecular weight is 514 g/mol. The smallest absolute Gasteiger partial charge is 0.321 e. The van der Waals surface area contributed by atoms with Gasteiger partial charge in [-0.15, -0.1) is 11.6 Å². The number of piperidine rings is 1. The predicted octanol–water partition coefficient (Wildman–Crippen LogP) is 1.29. The normalized spacial score (nSPS) is 55.7. The number of nitrogens with zero attached hydrogens (tertiary/aromatic N) is 1. The molecule has 0 radical (unpaired) electrons. The van der Waals surface area contributed by atoms with E-state index in [0.29, 0.717) is 13.0 Å². The van der Waals surface area contributed by atoms with Gasteiger partial charge in [0.15, 0.2) is 0 Å². The molecular weight excluding hydrogens is 474 g/mol. The van der Waals surface area contributed by atoms with Gasteiger partial charge < -0.3 is 29.2 Å². The van der Waals surface area contributed by atoms with Gasteiger partial charge in [-0.05, 0) is 31.7 Å². The molecule has 35 heavy (non-hydrogen) atoms. The Kier molecular flexibility index (Phi) is 5.86. The third-order valence-corrected chi connectivity index (χ3v) is 11.7. The number of halogens is 1. The van der Waals surface area contributed by atoms with E-state index in [1.807, 2.05) is 0 Å². The van der Waals surface area contributed by atoms with Crippen molar-refractivity contribution in [2.45, 2.75) is 68.7 Å². The molecule has 6 fully saturated rings. The van der Waals surface area contributed by atoms with Crippen molar-refractivity contribution in [3.8, 4) is 0 Å². The van der Waals surface area contributed by atoms with Crippen LogP contribution in [0.4, 0.5) is 0 Å². The summed E-state index contributed by atoms with van der Waals surface area (Å²) in [6.07, 6.45) is 1.39. The Morgan fingerprint density at radius 3 is 2.60 bits per heavy atom. The molecule has 1 spiro atoms. The zero-order valence-corrected chi connectivity index (χ0v) is 21.9. The molecule has 1 heterocycles. The lowest BCUT2D eigenvalue weighted by Crippen LogP contribution is -2.76. The van der Waals surface area contributed by atoms with E-state index in [2.05, 4.69) is 11.8 Å². The number of ether oxygens (including phenoxy) is 4. The molecule has 7 bridgehead atoms. The predicted molar refractivity (Wildman–Crippen MR) is 127 cm³/mol. The molecule has 5 aliphatic carbocycles. The van der Waals surface area contributed by atoms with Crippen LogP contribution in [0.25, 0.3) is 0 Å². The number of fused-ring (bicyclic) bond motifs is 2. The fraction of sp³-hybridized carbons (Fsp3) is 0.962. The first-order valence-electron chi connectivity index (χ1n) is 13.2. The zero-order valence-electron chi connectivity index (χ0n) is 21.2. The average Bonchev–Trinajstić information content (AvgIpc) is 3.25. The molecule has 0 aromatic rings. The van der Waals surface area contributed by atoms with Crippen LogP contribution in [0.2, 0.25) is 0 Å². The molecule has 198 valence electrons. The first-order chi connectivity index (χ1) is 16.8. The van der Waals surface area contributed by atoms with Gasteiger partial charge in [0.25, 0.3) is 0 Å². The van der Waals surface area contributed by atoms with Gasteiger partial charge in [-0.3, -0.25) is 9.69 Å². The summed E-state index contributed by atoms with van der Waals surface area (Å²) in [5.74, 6) is -1.11. The minimum Gasteiger partial charge on any atom is -0.461 e. The maximum atomic E-state index is 12.7. The molecule has 0 amide bonds. The number of alkyl halides is 1. The van der Waals surface area contributed by atoms with Crippen molar-refractivity contribution in [1.29, 1.82) is 0 Å². The Bertz CT molecular complexity index is 877. The third kappa shape index (κ3) is 2.78. The zero-order chi connectivity index (χ0) is 24.9. The van der Waals surface area contributed by atoms with E-state index in [-0.39, 0.29) is 65.2 Å². The van der Waals surface area contributed by atoms with Gasteiger partial charge in [0.2, 0.25) is 0 Å². The number of hydrogen-bond acceptors (Lipinski definition) is 8. The molecule has 1 saturated heterocycles. The highest BCUT2D eigenvalue weighted by Gasteiger charge is 2.86. The maximum Gasteiger partial charge on any atom is 0.321 e. The lowest BCUT2D eigenvalue weighted by Gasteiger charge is -2.68. The van der Waals surface area contributed by atoms with Crippen LogP contribution in [0.15, 0.2) is 0 Å². The van der Waals surface area contributed by atoms with Crippen molar-refractivity contribution in [2.24, 2.45) is 40.4 Å². The fourth-order valence-corrected chi connectivity index (χ4v) is 11.1. The summed E-state index contributed by atoms with van der Waals surface area (Å²) in [6.45, 7) is 4.45. The maximum absolute atomic E-state index is 12.7. The number of hydrogen-bond donors (Lipinski definition) is 2. The summed E-state index contributed by atoms with van der Waals surface area (Å²) >= 11 is 5.94. The van der Waals surface area contributed by atoms with Crippen molar-refractivity contribution >= 4 is 17.6 Å². The second-order valence-electron chi connectivity index (χ2n) is 12.1. The Morgan fingerprint density at radius 2 is 1.97 bits per heavy atom. The molecular formula is C26H40ClNO7. The van der Waals surface area contributed by atoms with Crippen LogP contribution in [0.1, 0.15) is 32.6 Å². The third-order valence-electron chi connectivity index (χ3n) is 11.5. The van der Waals surface area contributed by atoms with E-state index in [1.54, 1.807) is 21.3 Å². The lowest BCUT2D eigenvalue weighted by molar-refractivity contribution is -0.275. The van der Waals surface area contributed by atoms with E-state index in [0.717, 1.165) is 32.4 Å². The van der Waals surface area contributed by atoms with Crippen LogP contribution in [-0.2, 0) is 23.7 Å². The van der Waals surface area contributed by atoms with Crippen molar-refractivity contribution in [2.75, 3.05) is 46.9 Å². The molecule has 5 saturated carbocycles. The summed E-state index contributed by atoms with van der Waals surface area (Å²) in [5, 5.41) is 24.3. The Morgan fingerprint density at radius 1 is 1.20 bits per heavy atom. The number of methoxy groups -OCH3 is 3. The fourth-order valence-electron chi connectivity index (χ4n) is 11.0. The van der Waals surface area contributed by atoms with Gasteiger partial charge in [-0.2, -0.15) is 0 Å². The molecule has 0 unspecified atom stereocenters. The second-order valence-corrected chi connectivity index (χ2v) is 12.4. The van der Waals surface area contributed by atoms with E-state index < -0.39 is 23.1 Å². The van der Waals surface area contributed by atoms with E-state index in [1.165, 1.54) is 0 Å². The lowest BCUT2D eigenvalue weighted by atomic mass is 9.43. The summed E-state index contributed by atoms with van der Waals surface area (Å²) in [4.78, 5) is 15.2. The standard InChI is InChI=1S/C26H40ClNO7/c1-5-28-11-24(12-32-2)7-6-16(35-17(29)10-27)26-14-8-13-15(33-3)9-25(31,18(14)20(13)30)19(23(26)28)21(34-4)22(24)26/h13-16,18-23,30-31H,5-12H2,1-4H3/t13-,14-,15+,16+,18-,19+,20+,21+,22-,23-,24+,25-,26+/m1/s1. The summed E-state index contributed by atoms with van der Waals surface area (Å²) in [7, 11) is 5.19. The van der Waals surface area contributed by atoms with Crippen LogP contribution in [0, 0.1) is 40.4 Å². The van der Waals surface area contributed by atoms with Crippen molar-refractivity contribution in [3.63, 3.8) is 0 Å². The van der Waals surface area contributed by atoms with Gasteiger partial charge in [0.05, 0.1) is 30.5 Å². The Hall–Kier alpha value is -0.480. The topological polar surface area (TPSA) is 97.7 Å². The number of likely N-dealkylation sites (tertiary alicyclic amines) is 1. The monoisotopic (exact) mass is 513 g/mol. The summed E-state index contributed by atoms with van der Waals surface area (Å²) < 4.78 is 24.4. The van der Waals surface area contributed by atoms with E-state index >= 15 is 0 Å². The van der Waals surface area contributed by atoms with E-state index in [9.17, 15) is 15.0 Å². The molecule has 6 rings (SSSR count). The second kappa shape index (κ2) is 8.26. The highest BCUT2D eigenvalue weighted by atomic mass is 35.5. The van der Waals surface area contributed by atoms with Crippen molar-refractivity contribution < 1.29 is 34.0 Å². The molecule has 6 aliphatic rings. The number of carbonyl (C=O) groups excluding carboxylic acids is 1. The van der Waals surface area contributed by atoms with E-state index in [4.69, 9.17) is 30.5 Å². The number of esters is 1. The van der Waals surface area contributed by atoms with Crippen LogP contribution < -0.4 is 0 Å². The van der Waals surface area contributed by atoms with Crippen molar-refractivity contribution in [3.05, 3.63) is 0 Å². The molecule has 0 aromatic heterocycles. The van der Waals surface area contributed by atoms with Crippen LogP contribution in [0.5, 0.6) is 0 Å². The quantitative estimate of drug-likeness (QED) is 0.388. The molecule has 8 nitrogen and oxygen atoms in total. The summed E-state index contributed by atoms with van der Waals surface area (Å²) in [6, 6.07) is -0.0198. The number of carbonyl (C=O) groups is 1. The van der Waals surface area contributed by atoms with Crippen LogP contribution in [0.3, 0.4) is 0 Å². The first-order valence-corrected chi connectivity index (χ1v) is 13.8. The number of aliphatic hydroxyl groups excluding tert-OH is 1. The highest BCUT2D eigenvalue weighted by molar-refractivity contribution is 6.26. The molecule has 2 N–H and O–H groups in total. The minimum atomic E-state index is -1.12.